The van der Waals surface area contributed by atoms with Gasteiger partial charge in [-0.25, -0.2) is 0 Å². The predicted molar refractivity (Wildman–Crippen MR) is 164 cm³/mol. The molecule has 0 radical (unpaired) electrons. The first kappa shape index (κ1) is 30.7. The van der Waals surface area contributed by atoms with E-state index in [1.165, 1.54) is 25.7 Å². The molecule has 3 rings (SSSR count). The van der Waals surface area contributed by atoms with Crippen LogP contribution in [0.3, 0.4) is 0 Å². The zero-order valence-corrected chi connectivity index (χ0v) is 25.2. The molecule has 5 nitrogen and oxygen atoms in total. The minimum Gasteiger partial charge on any atom is -0.493 e. The van der Waals surface area contributed by atoms with E-state index in [1.807, 2.05) is 36.4 Å². The summed E-state index contributed by atoms with van der Waals surface area (Å²) in [5, 5.41) is 0.791. The molecular weight excluding hydrogens is 484 g/mol. The lowest BCUT2D eigenvalue weighted by Crippen LogP contribution is -2.28. The van der Waals surface area contributed by atoms with E-state index in [9.17, 15) is 4.79 Å². The summed E-state index contributed by atoms with van der Waals surface area (Å²) in [5.74, 6) is 1.58. The standard InChI is InChI=1S/C34H50N2O3/c1-7-10-14-31-32(27-24-26(35)16-18-29(27)39-31)33(37)25-15-17-30(28(23-25)34(4,5)6)38-22-13-21-36(19-11-8-2)20-12-9-3/h15-18,23-24H,7-14,19-22,35H2,1-6H3. The lowest BCUT2D eigenvalue weighted by atomic mass is 9.84. The first-order valence-corrected chi connectivity index (χ1v) is 15.0. The molecule has 0 saturated carbocycles. The van der Waals surface area contributed by atoms with Crippen LogP contribution in [0.5, 0.6) is 5.75 Å². The number of anilines is 1. The molecule has 0 bridgehead atoms. The highest BCUT2D eigenvalue weighted by atomic mass is 16.5. The molecule has 5 heteroatoms. The quantitative estimate of drug-likeness (QED) is 0.113. The average Bonchev–Trinajstić information content (AvgIpc) is 3.27. The summed E-state index contributed by atoms with van der Waals surface area (Å²) in [6, 6.07) is 11.4. The first-order chi connectivity index (χ1) is 18.7. The van der Waals surface area contributed by atoms with E-state index in [2.05, 4.69) is 46.4 Å². The van der Waals surface area contributed by atoms with Crippen molar-refractivity contribution in [3.63, 3.8) is 0 Å². The van der Waals surface area contributed by atoms with Gasteiger partial charge in [-0.3, -0.25) is 4.79 Å². The number of fused-ring (bicyclic) bond motifs is 1. The number of furan rings is 1. The van der Waals surface area contributed by atoms with Gasteiger partial charge in [-0.1, -0.05) is 60.8 Å². The van der Waals surface area contributed by atoms with Gasteiger partial charge in [0.15, 0.2) is 5.78 Å². The Labute approximate surface area is 236 Å². The highest BCUT2D eigenvalue weighted by molar-refractivity contribution is 6.17. The van der Waals surface area contributed by atoms with Crippen LogP contribution in [0.15, 0.2) is 40.8 Å². The third kappa shape index (κ3) is 8.35. The summed E-state index contributed by atoms with van der Waals surface area (Å²) in [5.41, 5.74) is 9.59. The van der Waals surface area contributed by atoms with E-state index < -0.39 is 0 Å². The summed E-state index contributed by atoms with van der Waals surface area (Å²) in [4.78, 5) is 16.5. The second kappa shape index (κ2) is 14.6. The smallest absolute Gasteiger partial charge is 0.197 e. The predicted octanol–water partition coefficient (Wildman–Crippen LogP) is 8.56. The van der Waals surface area contributed by atoms with Crippen LogP contribution in [0.1, 0.15) is 114 Å². The van der Waals surface area contributed by atoms with Crippen molar-refractivity contribution in [3.8, 4) is 5.75 Å². The molecular formula is C34H50N2O3. The van der Waals surface area contributed by atoms with Crippen molar-refractivity contribution in [2.75, 3.05) is 32.0 Å². The van der Waals surface area contributed by atoms with Crippen LogP contribution in [0.4, 0.5) is 5.69 Å². The Morgan fingerprint density at radius 2 is 1.56 bits per heavy atom. The van der Waals surface area contributed by atoms with Gasteiger partial charge in [-0.15, -0.1) is 0 Å². The normalized spacial score (nSPS) is 12.0. The molecule has 2 N–H and O–H groups in total. The van der Waals surface area contributed by atoms with Crippen LogP contribution < -0.4 is 10.5 Å². The SMILES string of the molecule is CCCCc1oc2ccc(N)cc2c1C(=O)c1ccc(OCCCN(CCCC)CCCC)c(C(C)(C)C)c1. The summed E-state index contributed by atoms with van der Waals surface area (Å²) in [6.45, 7) is 17.2. The summed E-state index contributed by atoms with van der Waals surface area (Å²) >= 11 is 0. The highest BCUT2D eigenvalue weighted by Crippen LogP contribution is 2.35. The van der Waals surface area contributed by atoms with E-state index in [-0.39, 0.29) is 11.2 Å². The van der Waals surface area contributed by atoms with Gasteiger partial charge in [0.2, 0.25) is 0 Å². The summed E-state index contributed by atoms with van der Waals surface area (Å²) in [7, 11) is 0. The molecule has 0 aliphatic rings. The van der Waals surface area contributed by atoms with Crippen LogP contribution in [0.25, 0.3) is 11.0 Å². The molecule has 0 spiro atoms. The number of ether oxygens (including phenoxy) is 1. The topological polar surface area (TPSA) is 68.7 Å². The minimum atomic E-state index is -0.173. The van der Waals surface area contributed by atoms with Gasteiger partial charge < -0.3 is 19.8 Å². The zero-order chi connectivity index (χ0) is 28.4. The number of rotatable bonds is 16. The number of hydrogen-bond acceptors (Lipinski definition) is 5. The second-order valence-electron chi connectivity index (χ2n) is 11.8. The molecule has 0 aliphatic heterocycles. The van der Waals surface area contributed by atoms with Gasteiger partial charge >= 0.3 is 0 Å². The van der Waals surface area contributed by atoms with Crippen LogP contribution in [-0.4, -0.2) is 36.9 Å². The molecule has 0 aliphatic carbocycles. The maximum atomic E-state index is 14.0. The van der Waals surface area contributed by atoms with Gasteiger partial charge in [-0.2, -0.15) is 0 Å². The molecule has 0 fully saturated rings. The maximum absolute atomic E-state index is 14.0. The van der Waals surface area contributed by atoms with Crippen LogP contribution in [0.2, 0.25) is 0 Å². The van der Waals surface area contributed by atoms with E-state index in [4.69, 9.17) is 14.9 Å². The number of benzene rings is 2. The number of unbranched alkanes of at least 4 members (excludes halogenated alkanes) is 3. The number of nitrogens with two attached hydrogens (primary N) is 1. The molecule has 0 saturated heterocycles. The Balaban J connectivity index is 1.82. The molecule has 1 heterocycles. The Hall–Kier alpha value is -2.79. The van der Waals surface area contributed by atoms with Crippen molar-refractivity contribution >= 4 is 22.4 Å². The van der Waals surface area contributed by atoms with Crippen molar-refractivity contribution in [2.24, 2.45) is 0 Å². The zero-order valence-electron chi connectivity index (χ0n) is 25.2. The monoisotopic (exact) mass is 534 g/mol. The Morgan fingerprint density at radius 1 is 0.897 bits per heavy atom. The third-order valence-electron chi connectivity index (χ3n) is 7.35. The average molecular weight is 535 g/mol. The molecule has 3 aromatic rings. The lowest BCUT2D eigenvalue weighted by molar-refractivity contribution is 0.103. The number of nitrogen functional groups attached to an aromatic ring is 1. The van der Waals surface area contributed by atoms with Gasteiger partial charge in [0.05, 0.1) is 12.2 Å². The molecule has 2 aromatic carbocycles. The van der Waals surface area contributed by atoms with Crippen LogP contribution in [-0.2, 0) is 11.8 Å². The highest BCUT2D eigenvalue weighted by Gasteiger charge is 2.25. The van der Waals surface area contributed by atoms with Crippen molar-refractivity contribution in [3.05, 3.63) is 58.8 Å². The van der Waals surface area contributed by atoms with Crippen LogP contribution >= 0.6 is 0 Å². The van der Waals surface area contributed by atoms with E-state index in [1.54, 1.807) is 0 Å². The number of hydrogen-bond donors (Lipinski definition) is 1. The van der Waals surface area contributed by atoms with Crippen molar-refractivity contribution in [1.82, 2.24) is 4.90 Å². The Bertz CT molecular complexity index is 1200. The van der Waals surface area contributed by atoms with Crippen molar-refractivity contribution in [1.29, 1.82) is 0 Å². The van der Waals surface area contributed by atoms with Gasteiger partial charge in [0, 0.05) is 35.2 Å². The fourth-order valence-corrected chi connectivity index (χ4v) is 5.02. The van der Waals surface area contributed by atoms with Gasteiger partial charge in [0.1, 0.15) is 17.1 Å². The molecule has 1 aromatic heterocycles. The number of nitrogens with zero attached hydrogens (tertiary/aromatic N) is 1. The number of carbonyl (C=O) groups excluding carboxylic acids is 1. The maximum Gasteiger partial charge on any atom is 0.197 e. The van der Waals surface area contributed by atoms with Gasteiger partial charge in [0.25, 0.3) is 0 Å². The molecule has 39 heavy (non-hydrogen) atoms. The first-order valence-electron chi connectivity index (χ1n) is 15.0. The molecule has 0 amide bonds. The van der Waals surface area contributed by atoms with E-state index in [0.717, 1.165) is 67.8 Å². The van der Waals surface area contributed by atoms with E-state index in [0.29, 0.717) is 29.0 Å². The molecule has 0 unspecified atom stereocenters. The largest absolute Gasteiger partial charge is 0.493 e. The molecule has 214 valence electrons. The lowest BCUT2D eigenvalue weighted by Gasteiger charge is -2.25. The molecule has 0 atom stereocenters. The van der Waals surface area contributed by atoms with Gasteiger partial charge in [-0.05, 0) is 80.6 Å². The van der Waals surface area contributed by atoms with Crippen molar-refractivity contribution < 1.29 is 13.9 Å². The Kier molecular flexibility index (Phi) is 11.5. The minimum absolute atomic E-state index is 0.0232. The third-order valence-corrected chi connectivity index (χ3v) is 7.35. The number of ketones is 1. The number of carbonyl (C=O) groups is 1. The fourth-order valence-electron chi connectivity index (χ4n) is 5.02. The second-order valence-corrected chi connectivity index (χ2v) is 11.8. The summed E-state index contributed by atoms with van der Waals surface area (Å²) < 4.78 is 12.5. The van der Waals surface area contributed by atoms with Crippen molar-refractivity contribution in [2.45, 2.75) is 98.3 Å². The summed E-state index contributed by atoms with van der Waals surface area (Å²) in [6.07, 6.45) is 8.64. The van der Waals surface area contributed by atoms with Crippen LogP contribution in [0, 0.1) is 0 Å². The van der Waals surface area contributed by atoms with E-state index >= 15 is 0 Å². The Morgan fingerprint density at radius 3 is 2.21 bits per heavy atom. The number of aryl methyl sites for hydroxylation is 1. The fraction of sp³-hybridized carbons (Fsp3) is 0.559.